The van der Waals surface area contributed by atoms with Crippen LogP contribution in [0.15, 0.2) is 23.8 Å². The Morgan fingerprint density at radius 3 is 2.58 bits per heavy atom. The number of hydrogen-bond acceptors (Lipinski definition) is 6. The van der Waals surface area contributed by atoms with Crippen molar-refractivity contribution >= 4 is 22.4 Å². The van der Waals surface area contributed by atoms with Crippen molar-refractivity contribution in [1.82, 2.24) is 24.8 Å². The first-order valence-corrected chi connectivity index (χ1v) is 13.6. The predicted molar refractivity (Wildman–Crippen MR) is 134 cm³/mol. The van der Waals surface area contributed by atoms with Crippen molar-refractivity contribution in [3.63, 3.8) is 0 Å². The number of morpholine rings is 1. The van der Waals surface area contributed by atoms with Crippen LogP contribution in [-0.4, -0.2) is 77.2 Å². The van der Waals surface area contributed by atoms with Gasteiger partial charge >= 0.3 is 0 Å². The van der Waals surface area contributed by atoms with E-state index in [4.69, 9.17) is 14.7 Å². The zero-order valence-electron chi connectivity index (χ0n) is 19.6. The number of nitrogens with one attached hydrogen (secondary N) is 1. The second kappa shape index (κ2) is 9.45. The van der Waals surface area contributed by atoms with Gasteiger partial charge in [-0.1, -0.05) is 0 Å². The van der Waals surface area contributed by atoms with E-state index in [1.165, 1.54) is 73.8 Å². The van der Waals surface area contributed by atoms with E-state index in [-0.39, 0.29) is 0 Å². The normalized spacial score (nSPS) is 26.2. The molecule has 6 nitrogen and oxygen atoms in total. The summed E-state index contributed by atoms with van der Waals surface area (Å²) in [6, 6.07) is 3.13. The molecule has 33 heavy (non-hydrogen) atoms. The summed E-state index contributed by atoms with van der Waals surface area (Å²) < 4.78 is 5.54. The molecule has 0 amide bonds. The fourth-order valence-electron chi connectivity index (χ4n) is 6.04. The molecule has 2 saturated heterocycles. The Bertz CT molecular complexity index is 1070. The molecule has 5 heterocycles. The van der Waals surface area contributed by atoms with Crippen LogP contribution in [0.25, 0.3) is 21.6 Å². The maximum atomic E-state index is 5.54. The van der Waals surface area contributed by atoms with Gasteiger partial charge in [0.15, 0.2) is 0 Å². The van der Waals surface area contributed by atoms with E-state index in [0.717, 1.165) is 43.0 Å². The van der Waals surface area contributed by atoms with Crippen molar-refractivity contribution in [2.75, 3.05) is 46.4 Å². The van der Waals surface area contributed by atoms with Gasteiger partial charge in [0.2, 0.25) is 0 Å². The molecule has 3 aromatic heterocycles. The number of H-pyrrole nitrogens is 1. The Kier molecular flexibility index (Phi) is 6.22. The van der Waals surface area contributed by atoms with Crippen molar-refractivity contribution in [1.29, 1.82) is 0 Å². The van der Waals surface area contributed by atoms with E-state index in [2.05, 4.69) is 45.7 Å². The number of aromatic amines is 1. The number of piperidine rings is 1. The second-order valence-electron chi connectivity index (χ2n) is 10.2. The van der Waals surface area contributed by atoms with Gasteiger partial charge in [-0.2, -0.15) is 0 Å². The van der Waals surface area contributed by atoms with E-state index >= 15 is 0 Å². The quantitative estimate of drug-likeness (QED) is 0.597. The van der Waals surface area contributed by atoms with E-state index in [1.54, 1.807) is 11.3 Å². The topological polar surface area (TPSA) is 57.3 Å². The number of nitrogens with zero attached hydrogens (tertiary/aromatic N) is 4. The van der Waals surface area contributed by atoms with Crippen molar-refractivity contribution in [3.05, 3.63) is 35.1 Å². The third-order valence-corrected chi connectivity index (χ3v) is 9.07. The summed E-state index contributed by atoms with van der Waals surface area (Å²) in [4.78, 5) is 18.4. The van der Waals surface area contributed by atoms with Gasteiger partial charge in [0, 0.05) is 53.8 Å². The van der Waals surface area contributed by atoms with Crippen LogP contribution in [0.3, 0.4) is 0 Å². The van der Waals surface area contributed by atoms with E-state index in [1.807, 2.05) is 0 Å². The van der Waals surface area contributed by atoms with Crippen LogP contribution >= 0.6 is 11.3 Å². The van der Waals surface area contributed by atoms with Crippen LogP contribution in [0.4, 0.5) is 0 Å². The summed E-state index contributed by atoms with van der Waals surface area (Å²) in [7, 11) is 2.22. The van der Waals surface area contributed by atoms with Gasteiger partial charge in [0.1, 0.15) is 10.7 Å². The molecule has 1 aliphatic carbocycles. The first kappa shape index (κ1) is 21.7. The Morgan fingerprint density at radius 2 is 1.79 bits per heavy atom. The molecule has 3 fully saturated rings. The first-order chi connectivity index (χ1) is 16.2. The van der Waals surface area contributed by atoms with Crippen molar-refractivity contribution in [3.8, 4) is 10.6 Å². The summed E-state index contributed by atoms with van der Waals surface area (Å²) in [6.45, 7) is 6.34. The number of rotatable bonds is 4. The van der Waals surface area contributed by atoms with Gasteiger partial charge in [-0.3, -0.25) is 4.90 Å². The molecule has 0 radical (unpaired) electrons. The minimum Gasteiger partial charge on any atom is -0.379 e. The average Bonchev–Trinajstić information content (AvgIpc) is 3.52. The SMILES string of the molecule is CN1CCC(c2csc(-c3c[nH]c4ncc(C5CCC(N6CCOCC6)CC5)cc34)n2)CC1. The minimum absolute atomic E-state index is 0.603. The average molecular weight is 466 g/mol. The zero-order valence-corrected chi connectivity index (χ0v) is 20.4. The maximum absolute atomic E-state index is 5.54. The predicted octanol–water partition coefficient (Wildman–Crippen LogP) is 4.85. The Hall–Kier alpha value is -1.80. The number of fused-ring (bicyclic) bond motifs is 1. The summed E-state index contributed by atoms with van der Waals surface area (Å²) in [5.74, 6) is 1.22. The highest BCUT2D eigenvalue weighted by atomic mass is 32.1. The first-order valence-electron chi connectivity index (χ1n) is 12.7. The Balaban J connectivity index is 1.18. The zero-order chi connectivity index (χ0) is 22.2. The van der Waals surface area contributed by atoms with Crippen molar-refractivity contribution < 1.29 is 4.74 Å². The number of pyridine rings is 1. The fraction of sp³-hybridized carbons (Fsp3) is 0.615. The molecule has 2 aliphatic heterocycles. The fourth-order valence-corrected chi connectivity index (χ4v) is 6.97. The number of ether oxygens (including phenoxy) is 1. The van der Waals surface area contributed by atoms with Crippen LogP contribution in [0, 0.1) is 0 Å². The summed E-state index contributed by atoms with van der Waals surface area (Å²) >= 11 is 1.79. The van der Waals surface area contributed by atoms with Crippen molar-refractivity contribution in [2.24, 2.45) is 0 Å². The standard InChI is InChI=1S/C26H35N5OS/c1-30-8-6-19(7-9-30)24-17-33-26(29-24)23-16-28-25-22(23)14-20(15-27-25)18-2-4-21(5-3-18)31-10-12-32-13-11-31/h14-19,21H,2-13H2,1H3,(H,27,28). The Morgan fingerprint density at radius 1 is 1.00 bits per heavy atom. The number of thiazole rings is 1. The highest BCUT2D eigenvalue weighted by Crippen LogP contribution is 2.38. The van der Waals surface area contributed by atoms with Crippen molar-refractivity contribution in [2.45, 2.75) is 56.4 Å². The molecule has 176 valence electrons. The molecule has 0 bridgehead atoms. The van der Waals surface area contributed by atoms with Gasteiger partial charge in [-0.15, -0.1) is 11.3 Å². The maximum Gasteiger partial charge on any atom is 0.137 e. The molecule has 7 heteroatoms. The lowest BCUT2D eigenvalue weighted by molar-refractivity contribution is 0.00729. The molecule has 3 aliphatic rings. The molecule has 1 saturated carbocycles. The largest absolute Gasteiger partial charge is 0.379 e. The third kappa shape index (κ3) is 4.48. The lowest BCUT2D eigenvalue weighted by atomic mass is 9.81. The second-order valence-corrected chi connectivity index (χ2v) is 11.0. The van der Waals surface area contributed by atoms with Gasteiger partial charge in [0.05, 0.1) is 18.9 Å². The smallest absolute Gasteiger partial charge is 0.137 e. The van der Waals surface area contributed by atoms with E-state index in [0.29, 0.717) is 11.8 Å². The molecular weight excluding hydrogens is 430 g/mol. The minimum atomic E-state index is 0.603. The molecule has 0 spiro atoms. The van der Waals surface area contributed by atoms with Crippen LogP contribution in [-0.2, 0) is 4.74 Å². The van der Waals surface area contributed by atoms with Gasteiger partial charge < -0.3 is 14.6 Å². The number of likely N-dealkylation sites (tertiary alicyclic amines) is 1. The molecule has 6 rings (SSSR count). The summed E-state index contributed by atoms with van der Waals surface area (Å²) in [5, 5.41) is 4.64. The van der Waals surface area contributed by atoms with E-state index < -0.39 is 0 Å². The van der Waals surface area contributed by atoms with Gasteiger partial charge in [-0.25, -0.2) is 9.97 Å². The highest BCUT2D eigenvalue weighted by Gasteiger charge is 2.28. The highest BCUT2D eigenvalue weighted by molar-refractivity contribution is 7.13. The van der Waals surface area contributed by atoms with Crippen LogP contribution in [0.5, 0.6) is 0 Å². The summed E-state index contributed by atoms with van der Waals surface area (Å²) in [6.07, 6.45) is 11.7. The lowest BCUT2D eigenvalue weighted by Crippen LogP contribution is -2.44. The number of aromatic nitrogens is 3. The lowest BCUT2D eigenvalue weighted by Gasteiger charge is -2.38. The van der Waals surface area contributed by atoms with Crippen LogP contribution in [0.1, 0.15) is 61.6 Å². The number of hydrogen-bond donors (Lipinski definition) is 1. The third-order valence-electron chi connectivity index (χ3n) is 8.17. The molecule has 0 aromatic carbocycles. The van der Waals surface area contributed by atoms with E-state index in [9.17, 15) is 0 Å². The molecule has 3 aromatic rings. The Labute approximate surface area is 200 Å². The molecular formula is C26H35N5OS. The van der Waals surface area contributed by atoms with Crippen LogP contribution < -0.4 is 0 Å². The molecule has 1 N–H and O–H groups in total. The molecule has 0 atom stereocenters. The molecule has 0 unspecified atom stereocenters. The summed E-state index contributed by atoms with van der Waals surface area (Å²) in [5.41, 5.74) is 4.87. The van der Waals surface area contributed by atoms with Gasteiger partial charge in [-0.05, 0) is 76.2 Å². The van der Waals surface area contributed by atoms with Gasteiger partial charge in [0.25, 0.3) is 0 Å². The van der Waals surface area contributed by atoms with Crippen LogP contribution in [0.2, 0.25) is 0 Å². The monoisotopic (exact) mass is 465 g/mol.